The van der Waals surface area contributed by atoms with Crippen LogP contribution in [0.1, 0.15) is 50.2 Å². The van der Waals surface area contributed by atoms with E-state index in [9.17, 15) is 19.5 Å². The summed E-state index contributed by atoms with van der Waals surface area (Å²) in [5.74, 6) is -0.0870. The maximum atomic E-state index is 13.6. The average Bonchev–Trinajstić information content (AvgIpc) is 3.01. The lowest BCUT2D eigenvalue weighted by atomic mass is 9.99. The molecule has 3 rings (SSSR count). The molecule has 0 aliphatic carbocycles. The number of carbonyl (C=O) groups is 3. The van der Waals surface area contributed by atoms with Gasteiger partial charge in [0, 0.05) is 32.6 Å². The number of halogens is 2. The summed E-state index contributed by atoms with van der Waals surface area (Å²) in [6, 6.07) is 15.9. The smallest absolute Gasteiger partial charge is 0.319 e. The fraction of sp³-hybridized carbons (Fsp3) is 0.531. The first-order valence-corrected chi connectivity index (χ1v) is 14.9. The van der Waals surface area contributed by atoms with Gasteiger partial charge in [-0.1, -0.05) is 42.5 Å². The van der Waals surface area contributed by atoms with E-state index in [1.807, 2.05) is 59.5 Å². The van der Waals surface area contributed by atoms with Crippen LogP contribution in [-0.2, 0) is 32.1 Å². The van der Waals surface area contributed by atoms with Crippen molar-refractivity contribution >= 4 is 42.6 Å². The number of carbonyl (C=O) groups excluding carboxylic acids is 3. The molecule has 4 N–H and O–H groups in total. The van der Waals surface area contributed by atoms with E-state index < -0.39 is 24.2 Å². The Kier molecular flexibility index (Phi) is 19.3. The molecule has 246 valence electrons. The quantitative estimate of drug-likeness (QED) is 0.192. The number of hydrogen-bond acceptors (Lipinski definition) is 8. The van der Waals surface area contributed by atoms with Crippen LogP contribution in [0.5, 0.6) is 5.75 Å². The third kappa shape index (κ3) is 13.8. The van der Waals surface area contributed by atoms with Gasteiger partial charge in [-0.3, -0.25) is 19.7 Å². The lowest BCUT2D eigenvalue weighted by Gasteiger charge is -2.29. The second-order valence-corrected chi connectivity index (χ2v) is 10.6. The first-order chi connectivity index (χ1) is 20.4. The first kappa shape index (κ1) is 39.1. The Morgan fingerprint density at radius 1 is 0.977 bits per heavy atom. The van der Waals surface area contributed by atoms with Crippen LogP contribution in [0.25, 0.3) is 0 Å². The minimum absolute atomic E-state index is 0. The number of piperidine rings is 1. The second kappa shape index (κ2) is 21.8. The van der Waals surface area contributed by atoms with Crippen molar-refractivity contribution in [3.8, 4) is 5.75 Å². The van der Waals surface area contributed by atoms with Gasteiger partial charge in [-0.05, 0) is 62.3 Å². The van der Waals surface area contributed by atoms with Crippen LogP contribution in [0, 0.1) is 0 Å². The highest BCUT2D eigenvalue weighted by molar-refractivity contribution is 5.86. The molecule has 2 aromatic carbocycles. The molecule has 0 unspecified atom stereocenters. The number of rotatable bonds is 17. The predicted octanol–water partition coefficient (Wildman–Crippen LogP) is 3.03. The van der Waals surface area contributed by atoms with Gasteiger partial charge < -0.3 is 30.1 Å². The van der Waals surface area contributed by atoms with Crippen molar-refractivity contribution in [2.75, 3.05) is 39.9 Å². The number of aliphatic hydroxyl groups is 1. The molecule has 0 radical (unpaired) electrons. The third-order valence-corrected chi connectivity index (χ3v) is 7.38. The number of methoxy groups -OCH3 is 1. The van der Waals surface area contributed by atoms with Gasteiger partial charge in [-0.15, -0.1) is 24.8 Å². The van der Waals surface area contributed by atoms with Crippen LogP contribution in [-0.4, -0.2) is 85.9 Å². The lowest BCUT2D eigenvalue weighted by Crippen LogP contribution is -2.54. The van der Waals surface area contributed by atoms with Crippen molar-refractivity contribution in [3.05, 3.63) is 65.7 Å². The normalized spacial score (nSPS) is 14.7. The number of hydrogen-bond donors (Lipinski definition) is 4. The number of nitrogens with zero attached hydrogens (tertiary/aromatic N) is 1. The third-order valence-electron chi connectivity index (χ3n) is 7.38. The Hall–Kier alpha value is -2.89. The molecule has 2 aromatic rings. The standard InChI is InChI=1S/C32H46N4O6.2ClH/c1-3-42-31(39)23-34-27(15-16-30(38)36-17-8-5-9-18-36)32(40)35-28(20-24-11-6-4-7-12-24)29(37)22-33-21-25-13-10-14-26(19-25)41-2;;/h4,6-7,10-14,19,27-29,33-34,37H,3,5,8-9,15-18,20-23H2,1-2H3,(H,35,40);2*1H/t27-,28+,29-;;/m1../s1. The highest BCUT2D eigenvalue weighted by Crippen LogP contribution is 2.14. The summed E-state index contributed by atoms with van der Waals surface area (Å²) < 4.78 is 10.3. The van der Waals surface area contributed by atoms with Gasteiger partial charge in [0.1, 0.15) is 5.75 Å². The molecule has 0 aromatic heterocycles. The van der Waals surface area contributed by atoms with Crippen LogP contribution in [0.15, 0.2) is 54.6 Å². The topological polar surface area (TPSA) is 129 Å². The van der Waals surface area contributed by atoms with Gasteiger partial charge in [0.25, 0.3) is 0 Å². The summed E-state index contributed by atoms with van der Waals surface area (Å²) >= 11 is 0. The molecular weight excluding hydrogens is 607 g/mol. The Labute approximate surface area is 273 Å². The molecule has 1 aliphatic rings. The van der Waals surface area contributed by atoms with Crippen LogP contribution < -0.4 is 20.7 Å². The number of esters is 1. The first-order valence-electron chi connectivity index (χ1n) is 14.9. The minimum Gasteiger partial charge on any atom is -0.497 e. The Morgan fingerprint density at radius 2 is 1.68 bits per heavy atom. The monoisotopic (exact) mass is 654 g/mol. The number of amides is 2. The maximum absolute atomic E-state index is 13.6. The fourth-order valence-electron chi connectivity index (χ4n) is 5.04. The summed E-state index contributed by atoms with van der Waals surface area (Å²) in [5.41, 5.74) is 1.97. The molecule has 1 saturated heterocycles. The van der Waals surface area contributed by atoms with Crippen molar-refractivity contribution in [1.29, 1.82) is 0 Å². The van der Waals surface area contributed by atoms with E-state index >= 15 is 0 Å². The van der Waals surface area contributed by atoms with E-state index in [1.54, 1.807) is 14.0 Å². The summed E-state index contributed by atoms with van der Waals surface area (Å²) in [6.45, 7) is 4.03. The van der Waals surface area contributed by atoms with Gasteiger partial charge in [0.2, 0.25) is 11.8 Å². The predicted molar refractivity (Wildman–Crippen MR) is 175 cm³/mol. The van der Waals surface area contributed by atoms with E-state index in [4.69, 9.17) is 9.47 Å². The minimum atomic E-state index is -0.902. The molecule has 2 amide bonds. The van der Waals surface area contributed by atoms with Gasteiger partial charge in [0.05, 0.1) is 38.4 Å². The van der Waals surface area contributed by atoms with Crippen molar-refractivity contribution in [2.45, 2.75) is 70.2 Å². The van der Waals surface area contributed by atoms with E-state index in [1.165, 1.54) is 0 Å². The zero-order valence-corrected chi connectivity index (χ0v) is 27.3. The summed E-state index contributed by atoms with van der Waals surface area (Å²) in [6.07, 6.45) is 3.01. The number of benzene rings is 2. The highest BCUT2D eigenvalue weighted by atomic mass is 35.5. The number of nitrogens with one attached hydrogen (secondary N) is 3. The Morgan fingerprint density at radius 3 is 2.36 bits per heavy atom. The molecule has 3 atom stereocenters. The van der Waals surface area contributed by atoms with Crippen molar-refractivity contribution in [3.63, 3.8) is 0 Å². The lowest BCUT2D eigenvalue weighted by molar-refractivity contribution is -0.142. The van der Waals surface area contributed by atoms with Crippen molar-refractivity contribution in [1.82, 2.24) is 20.9 Å². The fourth-order valence-corrected chi connectivity index (χ4v) is 5.04. The highest BCUT2D eigenvalue weighted by Gasteiger charge is 2.28. The van der Waals surface area contributed by atoms with E-state index in [0.717, 1.165) is 49.2 Å². The summed E-state index contributed by atoms with van der Waals surface area (Å²) in [7, 11) is 1.62. The molecule has 10 nitrogen and oxygen atoms in total. The van der Waals surface area contributed by atoms with Crippen LogP contribution in [0.4, 0.5) is 0 Å². The molecular formula is C32H48Cl2N4O6. The second-order valence-electron chi connectivity index (χ2n) is 10.6. The van der Waals surface area contributed by atoms with E-state index in [-0.39, 0.29) is 69.2 Å². The largest absolute Gasteiger partial charge is 0.497 e. The molecule has 44 heavy (non-hydrogen) atoms. The molecule has 0 bridgehead atoms. The van der Waals surface area contributed by atoms with Crippen LogP contribution >= 0.6 is 24.8 Å². The molecule has 0 spiro atoms. The SMILES string of the molecule is CCOC(=O)CN[C@H](CCC(=O)N1CCCCC1)C(=O)N[C@@H](Cc1ccccc1)[C@H](O)CNCc1cccc(OC)c1.Cl.Cl. The van der Waals surface area contributed by atoms with Gasteiger partial charge in [0.15, 0.2) is 0 Å². The summed E-state index contributed by atoms with van der Waals surface area (Å²) in [4.78, 5) is 40.3. The Bertz CT molecular complexity index is 1120. The van der Waals surface area contributed by atoms with Gasteiger partial charge >= 0.3 is 5.97 Å². The van der Waals surface area contributed by atoms with E-state index in [0.29, 0.717) is 13.0 Å². The van der Waals surface area contributed by atoms with Gasteiger partial charge in [-0.2, -0.15) is 0 Å². The zero-order chi connectivity index (χ0) is 30.2. The maximum Gasteiger partial charge on any atom is 0.319 e. The molecule has 12 heteroatoms. The molecule has 1 heterocycles. The molecule has 0 saturated carbocycles. The summed E-state index contributed by atoms with van der Waals surface area (Å²) in [5, 5.41) is 20.4. The van der Waals surface area contributed by atoms with Crippen LogP contribution in [0.2, 0.25) is 0 Å². The van der Waals surface area contributed by atoms with Crippen LogP contribution in [0.3, 0.4) is 0 Å². The van der Waals surface area contributed by atoms with Crippen molar-refractivity contribution in [2.24, 2.45) is 0 Å². The molecule has 1 aliphatic heterocycles. The van der Waals surface area contributed by atoms with Crippen molar-refractivity contribution < 1.29 is 29.0 Å². The number of aliphatic hydroxyl groups excluding tert-OH is 1. The Balaban J connectivity index is 0.00000484. The number of ether oxygens (including phenoxy) is 2. The van der Waals surface area contributed by atoms with E-state index in [2.05, 4.69) is 16.0 Å². The number of likely N-dealkylation sites (tertiary alicyclic amines) is 1. The average molecular weight is 656 g/mol. The zero-order valence-electron chi connectivity index (χ0n) is 25.7. The molecule has 1 fully saturated rings. The van der Waals surface area contributed by atoms with Gasteiger partial charge in [-0.25, -0.2) is 0 Å².